The van der Waals surface area contributed by atoms with Crippen LogP contribution in [0.15, 0.2) is 0 Å². The van der Waals surface area contributed by atoms with Gasteiger partial charge in [-0.1, -0.05) is 0 Å². The first-order chi connectivity index (χ1) is 5.62. The lowest BCUT2D eigenvalue weighted by Crippen LogP contribution is -2.49. The number of rotatable bonds is 2. The Kier molecular flexibility index (Phi) is 2.48. The Balaban J connectivity index is 2.60. The van der Waals surface area contributed by atoms with Crippen LogP contribution in [0.3, 0.4) is 0 Å². The van der Waals surface area contributed by atoms with Crippen molar-refractivity contribution in [3.05, 3.63) is 0 Å². The molecular weight excluding hydrogens is 166 g/mol. The summed E-state index contributed by atoms with van der Waals surface area (Å²) in [5.41, 5.74) is -0.137. The van der Waals surface area contributed by atoms with Crippen molar-refractivity contribution in [3.8, 4) is 0 Å². The maximum atomic E-state index is 5.87. The van der Waals surface area contributed by atoms with Crippen molar-refractivity contribution in [1.29, 1.82) is 0 Å². The highest BCUT2D eigenvalue weighted by atomic mass is 16.8. The van der Waals surface area contributed by atoms with Crippen molar-refractivity contribution in [1.82, 2.24) is 0 Å². The fraction of sp³-hybridized carbons (Fsp3) is 1.00. The molecule has 0 bridgehead atoms. The van der Waals surface area contributed by atoms with Gasteiger partial charge in [-0.25, -0.2) is 0 Å². The summed E-state index contributed by atoms with van der Waals surface area (Å²) < 4.78 is 12.3. The molecule has 0 N–H and O–H groups in total. The predicted molar refractivity (Wildman–Crippen MR) is 52.4 cm³/mol. The van der Waals surface area contributed by atoms with E-state index >= 15 is 0 Å². The molecule has 1 heterocycles. The molecule has 0 aliphatic carbocycles. The van der Waals surface area contributed by atoms with E-state index in [9.17, 15) is 0 Å². The lowest BCUT2D eigenvalue weighted by atomic mass is 10.1. The number of nitrogens with zero attached hydrogens (tertiary/aromatic N) is 1. The minimum absolute atomic E-state index is 0.137. The Morgan fingerprint density at radius 3 is 2.00 bits per heavy atom. The topological polar surface area (TPSA) is 18.5 Å². The molecule has 1 aliphatic rings. The summed E-state index contributed by atoms with van der Waals surface area (Å²) in [7, 11) is 6.50. The normalized spacial score (nSPS) is 33.7. The van der Waals surface area contributed by atoms with Gasteiger partial charge in [0.2, 0.25) is 0 Å². The molecule has 1 unspecified atom stereocenters. The molecule has 3 heteroatoms. The van der Waals surface area contributed by atoms with E-state index in [4.69, 9.17) is 9.47 Å². The van der Waals surface area contributed by atoms with Crippen molar-refractivity contribution in [2.75, 3.05) is 34.3 Å². The van der Waals surface area contributed by atoms with Gasteiger partial charge in [0, 0.05) is 0 Å². The lowest BCUT2D eigenvalue weighted by molar-refractivity contribution is -0.876. The Morgan fingerprint density at radius 1 is 1.15 bits per heavy atom. The lowest BCUT2D eigenvalue weighted by Gasteiger charge is -2.33. The molecule has 0 aromatic carbocycles. The molecule has 1 saturated heterocycles. The van der Waals surface area contributed by atoms with Gasteiger partial charge in [-0.15, -0.1) is 0 Å². The third-order valence-electron chi connectivity index (χ3n) is 2.03. The molecule has 0 radical (unpaired) electrons. The molecule has 3 nitrogen and oxygen atoms in total. The molecular formula is C10H22NO2+. The molecule has 0 saturated carbocycles. The van der Waals surface area contributed by atoms with Crippen LogP contribution in [-0.2, 0) is 9.47 Å². The van der Waals surface area contributed by atoms with Crippen molar-refractivity contribution in [2.24, 2.45) is 0 Å². The third-order valence-corrected chi connectivity index (χ3v) is 2.03. The van der Waals surface area contributed by atoms with Crippen LogP contribution in [0.4, 0.5) is 0 Å². The van der Waals surface area contributed by atoms with Crippen molar-refractivity contribution in [2.45, 2.75) is 32.2 Å². The van der Waals surface area contributed by atoms with E-state index < -0.39 is 5.79 Å². The highest BCUT2D eigenvalue weighted by Gasteiger charge is 2.45. The van der Waals surface area contributed by atoms with Crippen LogP contribution in [0.2, 0.25) is 0 Å². The Hall–Kier alpha value is -0.120. The van der Waals surface area contributed by atoms with Gasteiger partial charge < -0.3 is 14.0 Å². The van der Waals surface area contributed by atoms with Gasteiger partial charge in [0.25, 0.3) is 0 Å². The molecule has 1 atom stereocenters. The second-order valence-corrected chi connectivity index (χ2v) is 5.69. The zero-order valence-corrected chi connectivity index (χ0v) is 9.68. The van der Waals surface area contributed by atoms with E-state index in [1.807, 2.05) is 13.8 Å². The van der Waals surface area contributed by atoms with E-state index in [1.54, 1.807) is 0 Å². The summed E-state index contributed by atoms with van der Waals surface area (Å²) >= 11 is 0. The van der Waals surface area contributed by atoms with Gasteiger partial charge >= 0.3 is 0 Å². The molecule has 1 rings (SSSR count). The van der Waals surface area contributed by atoms with Crippen LogP contribution in [0.5, 0.6) is 0 Å². The largest absolute Gasteiger partial charge is 0.347 e. The highest BCUT2D eigenvalue weighted by Crippen LogP contribution is 2.31. The summed E-state index contributed by atoms with van der Waals surface area (Å²) in [6.07, 6.45) is 0. The summed E-state index contributed by atoms with van der Waals surface area (Å²) in [6.45, 7) is 7.71. The standard InChI is InChI=1S/C10H22NO2/c1-9(2)12-8-10(3,13-9)7-11(4,5)6/h7-8H2,1-6H3/q+1. The Labute approximate surface area is 81.2 Å². The molecule has 78 valence electrons. The fourth-order valence-electron chi connectivity index (χ4n) is 2.06. The fourth-order valence-corrected chi connectivity index (χ4v) is 2.06. The van der Waals surface area contributed by atoms with Gasteiger partial charge in [-0.05, 0) is 20.8 Å². The summed E-state index contributed by atoms with van der Waals surface area (Å²) in [5, 5.41) is 0. The van der Waals surface area contributed by atoms with Crippen LogP contribution in [-0.4, -0.2) is 50.2 Å². The smallest absolute Gasteiger partial charge is 0.164 e. The average molecular weight is 188 g/mol. The number of ether oxygens (including phenoxy) is 2. The van der Waals surface area contributed by atoms with Gasteiger partial charge in [0.05, 0.1) is 27.7 Å². The Bertz CT molecular complexity index is 196. The molecule has 0 aromatic heterocycles. The number of hydrogen-bond acceptors (Lipinski definition) is 2. The van der Waals surface area contributed by atoms with Crippen LogP contribution >= 0.6 is 0 Å². The first-order valence-electron chi connectivity index (χ1n) is 4.77. The maximum Gasteiger partial charge on any atom is 0.164 e. The van der Waals surface area contributed by atoms with Gasteiger partial charge in [0.1, 0.15) is 12.1 Å². The summed E-state index contributed by atoms with van der Waals surface area (Å²) in [5.74, 6) is -0.413. The minimum Gasteiger partial charge on any atom is -0.347 e. The van der Waals surface area contributed by atoms with Crippen molar-refractivity contribution >= 4 is 0 Å². The van der Waals surface area contributed by atoms with E-state index in [2.05, 4.69) is 28.1 Å². The zero-order valence-electron chi connectivity index (χ0n) is 9.68. The SMILES string of the molecule is CC1(C[N+](C)(C)C)COC(C)(C)O1. The molecule has 0 amide bonds. The second kappa shape index (κ2) is 2.94. The third kappa shape index (κ3) is 3.25. The number of hydrogen-bond donors (Lipinski definition) is 0. The zero-order chi connectivity index (χ0) is 10.3. The molecule has 1 aliphatic heterocycles. The van der Waals surface area contributed by atoms with E-state index in [0.29, 0.717) is 6.61 Å². The van der Waals surface area contributed by atoms with E-state index in [0.717, 1.165) is 11.0 Å². The van der Waals surface area contributed by atoms with Gasteiger partial charge in [-0.2, -0.15) is 0 Å². The van der Waals surface area contributed by atoms with E-state index in [-0.39, 0.29) is 5.60 Å². The van der Waals surface area contributed by atoms with Crippen molar-refractivity contribution in [3.63, 3.8) is 0 Å². The molecule has 13 heavy (non-hydrogen) atoms. The maximum absolute atomic E-state index is 5.87. The first-order valence-corrected chi connectivity index (χ1v) is 4.77. The van der Waals surface area contributed by atoms with Crippen LogP contribution < -0.4 is 0 Å². The van der Waals surface area contributed by atoms with Gasteiger partial charge in [0.15, 0.2) is 5.79 Å². The highest BCUT2D eigenvalue weighted by molar-refractivity contribution is 4.83. The summed E-state index contributed by atoms with van der Waals surface area (Å²) in [6, 6.07) is 0. The molecule has 0 aromatic rings. The minimum atomic E-state index is -0.413. The second-order valence-electron chi connectivity index (χ2n) is 5.69. The number of likely N-dealkylation sites (N-methyl/N-ethyl adjacent to an activating group) is 1. The Morgan fingerprint density at radius 2 is 1.69 bits per heavy atom. The van der Waals surface area contributed by atoms with Gasteiger partial charge in [-0.3, -0.25) is 0 Å². The number of quaternary nitrogens is 1. The van der Waals surface area contributed by atoms with Crippen LogP contribution in [0.1, 0.15) is 20.8 Å². The predicted octanol–water partition coefficient (Wildman–Crippen LogP) is 1.23. The monoisotopic (exact) mass is 188 g/mol. The van der Waals surface area contributed by atoms with Crippen LogP contribution in [0, 0.1) is 0 Å². The van der Waals surface area contributed by atoms with Crippen molar-refractivity contribution < 1.29 is 14.0 Å². The summed E-state index contributed by atoms with van der Waals surface area (Å²) in [4.78, 5) is 0. The molecule has 1 fully saturated rings. The van der Waals surface area contributed by atoms with E-state index in [1.165, 1.54) is 0 Å². The quantitative estimate of drug-likeness (QED) is 0.607. The first kappa shape index (κ1) is 11.0. The average Bonchev–Trinajstić information content (AvgIpc) is 2.00. The molecule has 0 spiro atoms. The van der Waals surface area contributed by atoms with Crippen LogP contribution in [0.25, 0.3) is 0 Å².